The average molecular weight is 442 g/mol. The molecule has 0 spiro atoms. The number of carbonyl (C=O) groups excluding carboxylic acids is 3. The number of rotatable bonds is 7. The number of esters is 1. The number of H-pyrrole nitrogens is 1. The Hall–Kier alpha value is -3.20. The third-order valence-electron chi connectivity index (χ3n) is 5.04. The molecule has 0 aliphatic carbocycles. The average Bonchev–Trinajstić information content (AvgIpc) is 3.24. The molecule has 9 heteroatoms. The van der Waals surface area contributed by atoms with Gasteiger partial charge in [0.25, 0.3) is 11.8 Å². The molecule has 1 aliphatic heterocycles. The van der Waals surface area contributed by atoms with E-state index in [1.165, 1.54) is 6.33 Å². The van der Waals surface area contributed by atoms with Gasteiger partial charge in [0.05, 0.1) is 6.33 Å². The van der Waals surface area contributed by atoms with Crippen molar-refractivity contribution < 1.29 is 19.1 Å². The van der Waals surface area contributed by atoms with Crippen LogP contribution in [-0.2, 0) is 16.0 Å². The van der Waals surface area contributed by atoms with Gasteiger partial charge in [-0.15, -0.1) is 0 Å². The molecule has 1 saturated heterocycles. The van der Waals surface area contributed by atoms with E-state index in [1.54, 1.807) is 20.8 Å². The number of nitrogens with one attached hydrogen (secondary N) is 4. The number of imidazole rings is 1. The molecule has 2 amide bonds. The molecule has 1 aromatic carbocycles. The number of benzene rings is 1. The molecule has 1 unspecified atom stereocenters. The monoisotopic (exact) mass is 441 g/mol. The molecule has 1 fully saturated rings. The molecule has 2 heterocycles. The van der Waals surface area contributed by atoms with E-state index >= 15 is 0 Å². The maximum atomic E-state index is 13.0. The van der Waals surface area contributed by atoms with Gasteiger partial charge in [-0.1, -0.05) is 30.3 Å². The van der Waals surface area contributed by atoms with E-state index in [2.05, 4.69) is 25.9 Å². The molecule has 9 nitrogen and oxygen atoms in total. The van der Waals surface area contributed by atoms with E-state index in [9.17, 15) is 14.4 Å². The van der Waals surface area contributed by atoms with Crippen LogP contribution in [0.4, 0.5) is 0 Å². The highest BCUT2D eigenvalue weighted by atomic mass is 16.6. The molecule has 172 valence electrons. The van der Waals surface area contributed by atoms with Crippen LogP contribution < -0.4 is 16.0 Å². The Morgan fingerprint density at radius 1 is 1.12 bits per heavy atom. The predicted molar refractivity (Wildman–Crippen MR) is 119 cm³/mol. The zero-order chi connectivity index (χ0) is 23.1. The zero-order valence-corrected chi connectivity index (χ0v) is 18.7. The molecule has 1 aromatic heterocycles. The third-order valence-corrected chi connectivity index (χ3v) is 5.04. The molecule has 4 N–H and O–H groups in total. The van der Waals surface area contributed by atoms with Crippen LogP contribution in [0.2, 0.25) is 0 Å². The number of amides is 2. The first kappa shape index (κ1) is 23.5. The van der Waals surface area contributed by atoms with Crippen molar-refractivity contribution in [3.8, 4) is 0 Å². The molecule has 0 bridgehead atoms. The number of aromatic amines is 1. The van der Waals surface area contributed by atoms with Gasteiger partial charge in [-0.25, -0.2) is 9.78 Å². The molecule has 0 radical (unpaired) electrons. The van der Waals surface area contributed by atoms with Crippen molar-refractivity contribution in [1.29, 1.82) is 0 Å². The number of ether oxygens (including phenoxy) is 1. The fourth-order valence-corrected chi connectivity index (χ4v) is 3.51. The molecule has 0 saturated carbocycles. The van der Waals surface area contributed by atoms with Gasteiger partial charge in [-0.3, -0.25) is 9.59 Å². The largest absolute Gasteiger partial charge is 0.458 e. The van der Waals surface area contributed by atoms with E-state index in [0.717, 1.165) is 31.5 Å². The highest BCUT2D eigenvalue weighted by Crippen LogP contribution is 2.13. The van der Waals surface area contributed by atoms with Gasteiger partial charge in [0.15, 0.2) is 5.69 Å². The van der Waals surface area contributed by atoms with Gasteiger partial charge in [0.2, 0.25) is 0 Å². The summed E-state index contributed by atoms with van der Waals surface area (Å²) in [5.74, 6) is -1.56. The fraction of sp³-hybridized carbons (Fsp3) is 0.478. The standard InChI is InChI=1S/C23H31N5O4/c1-23(2,3)32-22(31)17(13-15-7-5-4-6-8-15)28-21(30)19-18(25-14-26-19)20(29)27-16-9-11-24-12-10-16/h4-8,14,16-17,24H,9-13H2,1-3H3,(H,25,26)(H,27,29)(H,28,30). The predicted octanol–water partition coefficient (Wildman–Crippen LogP) is 1.57. The summed E-state index contributed by atoms with van der Waals surface area (Å²) < 4.78 is 5.50. The number of hydrogen-bond acceptors (Lipinski definition) is 6. The lowest BCUT2D eigenvalue weighted by atomic mass is 10.0. The van der Waals surface area contributed by atoms with E-state index in [1.807, 2.05) is 30.3 Å². The molecular formula is C23H31N5O4. The first-order valence-electron chi connectivity index (χ1n) is 10.9. The lowest BCUT2D eigenvalue weighted by Gasteiger charge is -2.25. The normalized spacial score (nSPS) is 15.6. The van der Waals surface area contributed by atoms with Gasteiger partial charge in [-0.05, 0) is 52.3 Å². The van der Waals surface area contributed by atoms with Crippen LogP contribution in [0.3, 0.4) is 0 Å². The van der Waals surface area contributed by atoms with Crippen molar-refractivity contribution in [3.63, 3.8) is 0 Å². The summed E-state index contributed by atoms with van der Waals surface area (Å²) >= 11 is 0. The molecular weight excluding hydrogens is 410 g/mol. The van der Waals surface area contributed by atoms with Crippen molar-refractivity contribution in [3.05, 3.63) is 53.6 Å². The van der Waals surface area contributed by atoms with Gasteiger partial charge in [0.1, 0.15) is 17.3 Å². The summed E-state index contributed by atoms with van der Waals surface area (Å²) in [6, 6.07) is 8.45. The second-order valence-corrected chi connectivity index (χ2v) is 8.87. The van der Waals surface area contributed by atoms with Crippen molar-refractivity contribution in [2.45, 2.75) is 57.7 Å². The molecule has 2 aromatic rings. The summed E-state index contributed by atoms with van der Waals surface area (Å²) in [6.07, 6.45) is 3.19. The van der Waals surface area contributed by atoms with Crippen LogP contribution in [0.15, 0.2) is 36.7 Å². The van der Waals surface area contributed by atoms with Gasteiger partial charge in [-0.2, -0.15) is 0 Å². The van der Waals surface area contributed by atoms with Crippen LogP contribution in [0, 0.1) is 0 Å². The van der Waals surface area contributed by atoms with E-state index in [4.69, 9.17) is 4.74 Å². The minimum absolute atomic E-state index is 0.0375. The Kier molecular flexibility index (Phi) is 7.63. The van der Waals surface area contributed by atoms with Gasteiger partial charge >= 0.3 is 5.97 Å². The first-order valence-corrected chi connectivity index (χ1v) is 10.9. The lowest BCUT2D eigenvalue weighted by molar-refractivity contribution is -0.157. The summed E-state index contributed by atoms with van der Waals surface area (Å²) in [6.45, 7) is 6.96. The second kappa shape index (κ2) is 10.4. The highest BCUT2D eigenvalue weighted by molar-refractivity contribution is 6.05. The Morgan fingerprint density at radius 3 is 2.47 bits per heavy atom. The summed E-state index contributed by atoms with van der Waals surface area (Å²) in [5.41, 5.74) is 0.180. The Bertz CT molecular complexity index is 929. The van der Waals surface area contributed by atoms with Crippen LogP contribution >= 0.6 is 0 Å². The van der Waals surface area contributed by atoms with Crippen LogP contribution in [0.25, 0.3) is 0 Å². The van der Waals surface area contributed by atoms with Crippen molar-refractivity contribution in [2.75, 3.05) is 13.1 Å². The first-order chi connectivity index (χ1) is 15.2. The quantitative estimate of drug-likeness (QED) is 0.484. The summed E-state index contributed by atoms with van der Waals surface area (Å²) in [4.78, 5) is 45.3. The fourth-order valence-electron chi connectivity index (χ4n) is 3.51. The molecule has 3 rings (SSSR count). The van der Waals surface area contributed by atoms with Gasteiger partial charge in [0, 0.05) is 12.5 Å². The lowest BCUT2D eigenvalue weighted by Crippen LogP contribution is -2.46. The maximum absolute atomic E-state index is 13.0. The Labute approximate surface area is 187 Å². The summed E-state index contributed by atoms with van der Waals surface area (Å²) in [7, 11) is 0. The molecule has 32 heavy (non-hydrogen) atoms. The second-order valence-electron chi connectivity index (χ2n) is 8.87. The van der Waals surface area contributed by atoms with Crippen LogP contribution in [0.1, 0.15) is 60.2 Å². The number of aromatic nitrogens is 2. The number of carbonyl (C=O) groups is 3. The van der Waals surface area contributed by atoms with Crippen LogP contribution in [0.5, 0.6) is 0 Å². The van der Waals surface area contributed by atoms with Gasteiger partial charge < -0.3 is 25.7 Å². The van der Waals surface area contributed by atoms with E-state index in [-0.39, 0.29) is 23.9 Å². The van der Waals surface area contributed by atoms with Crippen LogP contribution in [-0.4, -0.2) is 58.5 Å². The Balaban J connectivity index is 1.73. The number of hydrogen-bond donors (Lipinski definition) is 4. The molecule has 1 aliphatic rings. The highest BCUT2D eigenvalue weighted by Gasteiger charge is 2.30. The van der Waals surface area contributed by atoms with Crippen molar-refractivity contribution in [1.82, 2.24) is 25.9 Å². The SMILES string of the molecule is CC(C)(C)OC(=O)C(Cc1ccccc1)NC(=O)c1nc[nH]c1C(=O)NC1CCNCC1. The topological polar surface area (TPSA) is 125 Å². The number of piperidine rings is 1. The molecule has 1 atom stereocenters. The minimum atomic E-state index is -0.929. The third kappa shape index (κ3) is 6.65. The zero-order valence-electron chi connectivity index (χ0n) is 18.7. The van der Waals surface area contributed by atoms with Crippen molar-refractivity contribution >= 4 is 17.8 Å². The minimum Gasteiger partial charge on any atom is -0.458 e. The van der Waals surface area contributed by atoms with E-state index < -0.39 is 29.4 Å². The summed E-state index contributed by atoms with van der Waals surface area (Å²) in [5, 5.41) is 8.89. The maximum Gasteiger partial charge on any atom is 0.329 e. The smallest absolute Gasteiger partial charge is 0.329 e. The number of nitrogens with zero attached hydrogens (tertiary/aromatic N) is 1. The van der Waals surface area contributed by atoms with E-state index in [0.29, 0.717) is 0 Å². The Morgan fingerprint density at radius 2 is 1.81 bits per heavy atom. The van der Waals surface area contributed by atoms with Crippen molar-refractivity contribution in [2.24, 2.45) is 0 Å².